The molecule has 0 aliphatic carbocycles. The van der Waals surface area contributed by atoms with E-state index in [1.165, 1.54) is 5.56 Å². The Morgan fingerprint density at radius 2 is 1.29 bits per heavy atom. The SMILES string of the molecule is CC(C)(C)c1cc(Cl)c2c(Cl)c(C(C)(C)C)c(Cl)cc2c1. The molecule has 0 fully saturated rings. The predicted octanol–water partition coefficient (Wildman–Crippen LogP) is 7.40. The Morgan fingerprint density at radius 3 is 1.76 bits per heavy atom. The highest BCUT2D eigenvalue weighted by Crippen LogP contribution is 2.43. The van der Waals surface area contributed by atoms with Gasteiger partial charge in [0.2, 0.25) is 0 Å². The molecule has 0 saturated heterocycles. The first kappa shape index (κ1) is 16.9. The van der Waals surface area contributed by atoms with Crippen LogP contribution < -0.4 is 0 Å². The van der Waals surface area contributed by atoms with E-state index in [0.717, 1.165) is 16.3 Å². The first-order valence-corrected chi connectivity index (χ1v) is 8.18. The van der Waals surface area contributed by atoms with Crippen LogP contribution in [0.3, 0.4) is 0 Å². The van der Waals surface area contributed by atoms with Crippen LogP contribution in [0.1, 0.15) is 52.7 Å². The van der Waals surface area contributed by atoms with E-state index in [1.54, 1.807) is 0 Å². The molecule has 2 aromatic rings. The second-order valence-corrected chi connectivity index (χ2v) is 8.80. The van der Waals surface area contributed by atoms with E-state index in [9.17, 15) is 0 Å². The lowest BCUT2D eigenvalue weighted by atomic mass is 9.83. The highest BCUT2D eigenvalue weighted by Gasteiger charge is 2.25. The molecule has 0 amide bonds. The molecule has 0 atom stereocenters. The zero-order valence-corrected chi connectivity index (χ0v) is 15.6. The van der Waals surface area contributed by atoms with Crippen LogP contribution in [0.2, 0.25) is 15.1 Å². The third-order valence-electron chi connectivity index (χ3n) is 3.70. The van der Waals surface area contributed by atoms with Gasteiger partial charge in [-0.25, -0.2) is 0 Å². The molecule has 0 bridgehead atoms. The predicted molar refractivity (Wildman–Crippen MR) is 96.4 cm³/mol. The first-order chi connectivity index (χ1) is 9.43. The van der Waals surface area contributed by atoms with Gasteiger partial charge in [0.15, 0.2) is 0 Å². The maximum Gasteiger partial charge on any atom is 0.0551 e. The minimum Gasteiger partial charge on any atom is -0.0839 e. The summed E-state index contributed by atoms with van der Waals surface area (Å²) < 4.78 is 0. The van der Waals surface area contributed by atoms with E-state index >= 15 is 0 Å². The summed E-state index contributed by atoms with van der Waals surface area (Å²) in [5.74, 6) is 0. The van der Waals surface area contributed by atoms with Crippen molar-refractivity contribution in [1.29, 1.82) is 0 Å². The second kappa shape index (κ2) is 5.33. The van der Waals surface area contributed by atoms with Gasteiger partial charge in [-0.15, -0.1) is 0 Å². The molecule has 0 unspecified atom stereocenters. The van der Waals surface area contributed by atoms with Crippen molar-refractivity contribution in [3.63, 3.8) is 0 Å². The Morgan fingerprint density at radius 1 is 0.714 bits per heavy atom. The van der Waals surface area contributed by atoms with Crippen LogP contribution in [-0.4, -0.2) is 0 Å². The van der Waals surface area contributed by atoms with Crippen LogP contribution >= 0.6 is 34.8 Å². The molecule has 0 aromatic heterocycles. The van der Waals surface area contributed by atoms with Crippen LogP contribution in [0.15, 0.2) is 18.2 Å². The molecule has 0 N–H and O–H groups in total. The van der Waals surface area contributed by atoms with E-state index < -0.39 is 0 Å². The number of benzene rings is 2. The standard InChI is InChI=1S/C18H21Cl3/c1-17(2,3)11-7-10-8-13(20)15(18(4,5)6)16(21)14(10)12(19)9-11/h7-9H,1-6H3. The van der Waals surface area contributed by atoms with E-state index in [2.05, 4.69) is 47.6 Å². The van der Waals surface area contributed by atoms with Crippen molar-refractivity contribution < 1.29 is 0 Å². The topological polar surface area (TPSA) is 0 Å². The van der Waals surface area contributed by atoms with Crippen molar-refractivity contribution in [2.75, 3.05) is 0 Å². The molecule has 0 aliphatic rings. The minimum absolute atomic E-state index is 0.0273. The third kappa shape index (κ3) is 3.18. The van der Waals surface area contributed by atoms with Gasteiger partial charge in [-0.2, -0.15) is 0 Å². The molecule has 0 nitrogen and oxygen atoms in total. The number of hydrogen-bond donors (Lipinski definition) is 0. The van der Waals surface area contributed by atoms with E-state index in [1.807, 2.05) is 12.1 Å². The average Bonchev–Trinajstić information content (AvgIpc) is 2.23. The Bertz CT molecular complexity index is 701. The van der Waals surface area contributed by atoms with Gasteiger partial charge in [0.1, 0.15) is 0 Å². The number of hydrogen-bond acceptors (Lipinski definition) is 0. The first-order valence-electron chi connectivity index (χ1n) is 7.05. The fourth-order valence-electron chi connectivity index (χ4n) is 2.53. The average molecular weight is 344 g/mol. The van der Waals surface area contributed by atoms with Gasteiger partial charge in [-0.05, 0) is 39.5 Å². The van der Waals surface area contributed by atoms with Gasteiger partial charge in [-0.1, -0.05) is 82.4 Å². The molecule has 0 saturated carbocycles. The Balaban J connectivity index is 2.88. The lowest BCUT2D eigenvalue weighted by molar-refractivity contribution is 0.589. The van der Waals surface area contributed by atoms with Gasteiger partial charge >= 0.3 is 0 Å². The van der Waals surface area contributed by atoms with E-state index in [-0.39, 0.29) is 10.8 Å². The smallest absolute Gasteiger partial charge is 0.0551 e. The molecule has 21 heavy (non-hydrogen) atoms. The van der Waals surface area contributed by atoms with Crippen molar-refractivity contribution in [3.05, 3.63) is 44.4 Å². The normalized spacial score (nSPS) is 13.0. The summed E-state index contributed by atoms with van der Waals surface area (Å²) in [7, 11) is 0. The highest BCUT2D eigenvalue weighted by atomic mass is 35.5. The molecule has 0 spiro atoms. The Kier molecular flexibility index (Phi) is 4.30. The summed E-state index contributed by atoms with van der Waals surface area (Å²) in [5.41, 5.74) is 2.02. The minimum atomic E-state index is -0.131. The van der Waals surface area contributed by atoms with Crippen molar-refractivity contribution in [2.45, 2.75) is 52.4 Å². The van der Waals surface area contributed by atoms with Crippen molar-refractivity contribution in [3.8, 4) is 0 Å². The molecule has 2 aromatic carbocycles. The second-order valence-electron chi connectivity index (χ2n) is 7.60. The molecule has 114 valence electrons. The van der Waals surface area contributed by atoms with Crippen LogP contribution in [0.5, 0.6) is 0 Å². The van der Waals surface area contributed by atoms with Crippen molar-refractivity contribution in [1.82, 2.24) is 0 Å². The Labute approximate surface area is 142 Å². The largest absolute Gasteiger partial charge is 0.0839 e. The van der Waals surface area contributed by atoms with Gasteiger partial charge in [0.25, 0.3) is 0 Å². The number of fused-ring (bicyclic) bond motifs is 1. The summed E-state index contributed by atoms with van der Waals surface area (Å²) in [6, 6.07) is 6.12. The van der Waals surface area contributed by atoms with Crippen molar-refractivity contribution in [2.24, 2.45) is 0 Å². The number of halogens is 3. The maximum atomic E-state index is 6.63. The van der Waals surface area contributed by atoms with Crippen LogP contribution in [0.4, 0.5) is 0 Å². The quantitative estimate of drug-likeness (QED) is 0.467. The van der Waals surface area contributed by atoms with Gasteiger partial charge < -0.3 is 0 Å². The summed E-state index contributed by atoms with van der Waals surface area (Å²) in [5, 5.41) is 3.93. The lowest BCUT2D eigenvalue weighted by Crippen LogP contribution is -2.14. The van der Waals surface area contributed by atoms with Crippen LogP contribution in [0.25, 0.3) is 10.8 Å². The molecule has 3 heteroatoms. The van der Waals surface area contributed by atoms with Crippen molar-refractivity contribution >= 4 is 45.6 Å². The molecule has 0 radical (unpaired) electrons. The zero-order valence-electron chi connectivity index (χ0n) is 13.4. The molecular formula is C18H21Cl3. The van der Waals surface area contributed by atoms with Gasteiger partial charge in [0, 0.05) is 10.4 Å². The fraction of sp³-hybridized carbons (Fsp3) is 0.444. The lowest BCUT2D eigenvalue weighted by Gasteiger charge is -2.25. The maximum absolute atomic E-state index is 6.63. The van der Waals surface area contributed by atoms with E-state index in [4.69, 9.17) is 34.8 Å². The highest BCUT2D eigenvalue weighted by molar-refractivity contribution is 6.44. The zero-order chi connectivity index (χ0) is 16.2. The Hall–Kier alpha value is -0.430. The summed E-state index contributed by atoms with van der Waals surface area (Å²) in [4.78, 5) is 0. The molecular weight excluding hydrogens is 323 g/mol. The molecule has 0 heterocycles. The fourth-order valence-corrected chi connectivity index (χ4v) is 4.04. The molecule has 0 aliphatic heterocycles. The third-order valence-corrected chi connectivity index (χ3v) is 4.67. The number of rotatable bonds is 0. The van der Waals surface area contributed by atoms with E-state index in [0.29, 0.717) is 15.1 Å². The summed E-state index contributed by atoms with van der Waals surface area (Å²) in [6.45, 7) is 12.8. The van der Waals surface area contributed by atoms with Crippen LogP contribution in [0, 0.1) is 0 Å². The monoisotopic (exact) mass is 342 g/mol. The summed E-state index contributed by atoms with van der Waals surface area (Å²) >= 11 is 19.6. The van der Waals surface area contributed by atoms with Gasteiger partial charge in [-0.3, -0.25) is 0 Å². The summed E-state index contributed by atoms with van der Waals surface area (Å²) in [6.07, 6.45) is 0. The van der Waals surface area contributed by atoms with Crippen LogP contribution in [-0.2, 0) is 10.8 Å². The van der Waals surface area contributed by atoms with Gasteiger partial charge in [0.05, 0.1) is 10.0 Å². The molecule has 2 rings (SSSR count).